The van der Waals surface area contributed by atoms with Gasteiger partial charge in [0.15, 0.2) is 0 Å². The van der Waals surface area contributed by atoms with Crippen molar-refractivity contribution in [3.63, 3.8) is 0 Å². The Morgan fingerprint density at radius 3 is 2.52 bits per heavy atom. The lowest BCUT2D eigenvalue weighted by Gasteiger charge is -2.41. The molecule has 0 spiro atoms. The predicted octanol–water partition coefficient (Wildman–Crippen LogP) is 7.24. The molecule has 1 saturated carbocycles. The number of hydrogen-bond donors (Lipinski definition) is 2. The first-order valence-electron chi connectivity index (χ1n) is 23.3. The summed E-state index contributed by atoms with van der Waals surface area (Å²) in [5, 5.41) is 8.60. The largest absolute Gasteiger partial charge is 0.464 e. The number of esters is 1. The zero-order chi connectivity index (χ0) is 44.3. The monoisotopic (exact) mass is 879 g/mol. The first-order chi connectivity index (χ1) is 30.3. The van der Waals surface area contributed by atoms with Crippen LogP contribution in [0.25, 0.3) is 33.4 Å². The van der Waals surface area contributed by atoms with E-state index in [0.29, 0.717) is 37.8 Å². The van der Waals surface area contributed by atoms with E-state index in [1.165, 1.54) is 27.5 Å². The van der Waals surface area contributed by atoms with Gasteiger partial charge in [0.25, 0.3) is 5.91 Å². The summed E-state index contributed by atoms with van der Waals surface area (Å²) in [4.78, 5) is 55.0. The van der Waals surface area contributed by atoms with Gasteiger partial charge in [-0.05, 0) is 106 Å². The molecule has 63 heavy (non-hydrogen) atoms. The van der Waals surface area contributed by atoms with Crippen LogP contribution < -0.4 is 10.7 Å². The molecule has 3 aromatic heterocycles. The summed E-state index contributed by atoms with van der Waals surface area (Å²) in [7, 11) is 1.74. The SMILES string of the molecule is CCn1c(-c2cc(C3CCN(C4COC4)CC3)cnc2[C@H](C)OC)c2c3cc(ccc31)-c1csc(n1)[C@@H](C)[C@H](NC(=O)C1[C@@H](C)[C@H]1C)C(=O)N1CCC[C@H](N1)C(=O)OCC(C)(C)C2. The van der Waals surface area contributed by atoms with Crippen LogP contribution in [0.15, 0.2) is 35.8 Å². The van der Waals surface area contributed by atoms with Crippen LogP contribution in [-0.4, -0.2) is 107 Å². The van der Waals surface area contributed by atoms with Crippen molar-refractivity contribution in [2.24, 2.45) is 23.2 Å². The van der Waals surface area contributed by atoms with Crippen LogP contribution >= 0.6 is 11.3 Å². The molecule has 4 aromatic rings. The van der Waals surface area contributed by atoms with E-state index in [4.69, 9.17) is 24.2 Å². The van der Waals surface area contributed by atoms with Gasteiger partial charge in [0, 0.05) is 71.1 Å². The number of carbonyl (C=O) groups is 3. The first-order valence-corrected chi connectivity index (χ1v) is 24.1. The molecule has 0 radical (unpaired) electrons. The normalized spacial score (nSPS) is 27.7. The molecule has 2 N–H and O–H groups in total. The number of hydrogen-bond acceptors (Lipinski definition) is 11. The quantitative estimate of drug-likeness (QED) is 0.174. The molecule has 6 bridgehead atoms. The average Bonchev–Trinajstić information content (AvgIpc) is 3.55. The zero-order valence-electron chi connectivity index (χ0n) is 38.2. The molecule has 7 atom stereocenters. The van der Waals surface area contributed by atoms with Crippen LogP contribution in [0.4, 0.5) is 0 Å². The van der Waals surface area contributed by atoms with Crippen LogP contribution in [0.2, 0.25) is 0 Å². The van der Waals surface area contributed by atoms with Gasteiger partial charge in [0.05, 0.1) is 54.1 Å². The Kier molecular flexibility index (Phi) is 12.3. The highest BCUT2D eigenvalue weighted by atomic mass is 32.1. The van der Waals surface area contributed by atoms with Crippen molar-refractivity contribution in [3.05, 3.63) is 57.7 Å². The molecule has 14 heteroatoms. The highest BCUT2D eigenvalue weighted by Gasteiger charge is 2.50. The number of thiazole rings is 1. The Morgan fingerprint density at radius 2 is 1.84 bits per heavy atom. The summed E-state index contributed by atoms with van der Waals surface area (Å²) in [6.07, 6.45) is 5.76. The average molecular weight is 880 g/mol. The second kappa shape index (κ2) is 17.6. The van der Waals surface area contributed by atoms with Gasteiger partial charge in [0.1, 0.15) is 12.1 Å². The predicted molar refractivity (Wildman–Crippen MR) is 244 cm³/mol. The molecule has 4 fully saturated rings. The number of amides is 2. The van der Waals surface area contributed by atoms with Crippen molar-refractivity contribution in [1.29, 1.82) is 0 Å². The summed E-state index contributed by atoms with van der Waals surface area (Å²) in [5.41, 5.74) is 11.1. The fourth-order valence-corrected chi connectivity index (χ4v) is 11.4. The van der Waals surface area contributed by atoms with Crippen molar-refractivity contribution >= 4 is 40.0 Å². The molecule has 9 rings (SSSR count). The fraction of sp³-hybridized carbons (Fsp3) is 0.612. The van der Waals surface area contributed by atoms with Gasteiger partial charge >= 0.3 is 5.97 Å². The third kappa shape index (κ3) is 8.46. The lowest BCUT2D eigenvalue weighted by atomic mass is 9.83. The third-order valence-electron chi connectivity index (χ3n) is 14.9. The number of hydrazine groups is 1. The molecule has 3 saturated heterocycles. The second-order valence-corrected chi connectivity index (χ2v) is 20.6. The van der Waals surface area contributed by atoms with E-state index < -0.39 is 23.4 Å². The number of pyridine rings is 1. The number of aryl methyl sites for hydroxylation is 1. The van der Waals surface area contributed by atoms with Crippen molar-refractivity contribution in [3.8, 4) is 22.5 Å². The van der Waals surface area contributed by atoms with Gasteiger partial charge in [-0.1, -0.05) is 40.7 Å². The number of methoxy groups -OCH3 is 1. The summed E-state index contributed by atoms with van der Waals surface area (Å²) >= 11 is 1.51. The van der Waals surface area contributed by atoms with Crippen LogP contribution in [-0.2, 0) is 41.6 Å². The molecule has 1 aliphatic carbocycles. The molecule has 5 aliphatic rings. The maximum atomic E-state index is 14.5. The van der Waals surface area contributed by atoms with Gasteiger partial charge in [0.2, 0.25) is 5.91 Å². The third-order valence-corrected chi connectivity index (χ3v) is 16.0. The van der Waals surface area contributed by atoms with Crippen LogP contribution in [0.1, 0.15) is 114 Å². The number of nitrogens with zero attached hydrogens (tertiary/aromatic N) is 5. The van der Waals surface area contributed by atoms with Gasteiger partial charge in [-0.15, -0.1) is 11.3 Å². The first kappa shape index (κ1) is 44.0. The minimum absolute atomic E-state index is 0.114. The molecule has 1 unspecified atom stereocenters. The lowest BCUT2D eigenvalue weighted by Crippen LogP contribution is -2.61. The van der Waals surface area contributed by atoms with E-state index in [1.807, 2.05) is 6.92 Å². The number of nitrogens with one attached hydrogen (secondary N) is 2. The molecular formula is C49H65N7O6S. The van der Waals surface area contributed by atoms with Crippen molar-refractivity contribution in [2.75, 3.05) is 46.6 Å². The van der Waals surface area contributed by atoms with Crippen molar-refractivity contribution < 1.29 is 28.6 Å². The van der Waals surface area contributed by atoms with Gasteiger partial charge in [-0.25, -0.2) is 10.4 Å². The lowest BCUT2D eigenvalue weighted by molar-refractivity contribution is -0.155. The van der Waals surface area contributed by atoms with E-state index in [0.717, 1.165) is 89.8 Å². The maximum Gasteiger partial charge on any atom is 0.324 e. The molecule has 13 nitrogen and oxygen atoms in total. The maximum absolute atomic E-state index is 14.5. The minimum atomic E-state index is -0.871. The summed E-state index contributed by atoms with van der Waals surface area (Å²) in [6.45, 7) is 19.8. The summed E-state index contributed by atoms with van der Waals surface area (Å²) < 4.78 is 20.1. The number of ether oxygens (including phenoxy) is 3. The van der Waals surface area contributed by atoms with E-state index in [9.17, 15) is 14.4 Å². The second-order valence-electron chi connectivity index (χ2n) is 19.7. The number of piperidine rings is 1. The Balaban J connectivity index is 1.15. The van der Waals surface area contributed by atoms with E-state index >= 15 is 0 Å². The number of likely N-dealkylation sites (tertiary alicyclic amines) is 1. The highest BCUT2D eigenvalue weighted by Crippen LogP contribution is 2.46. The molecule has 2 amide bonds. The molecule has 1 aromatic carbocycles. The van der Waals surface area contributed by atoms with E-state index in [1.54, 1.807) is 7.11 Å². The molecule has 7 heterocycles. The zero-order valence-corrected chi connectivity index (χ0v) is 39.1. The number of rotatable bonds is 8. The van der Waals surface area contributed by atoms with E-state index in [-0.39, 0.29) is 48.2 Å². The van der Waals surface area contributed by atoms with Crippen LogP contribution in [0, 0.1) is 23.2 Å². The van der Waals surface area contributed by atoms with Crippen molar-refractivity contribution in [1.82, 2.24) is 35.2 Å². The number of benzene rings is 1. The standard InChI is InChI=1S/C49H65N7O6S/c1-9-55-40-13-12-32-19-35(40)37(44(55)36-20-33(22-50-43(36)30(5)60-8)31-14-17-54(18-15-31)34-23-61-24-34)21-49(6,7)26-62-48(59)38-11-10-16-56(53-38)47(58)42(29(4)46-51-39(32)25-63-46)52-45(57)41-27(2)28(41)3/h12-13,19-20,22,25,27-31,34,38,41-42,53H,9-11,14-18,21,23-24,26H2,1-8H3,(H,52,57)/t27-,28+,29-,30-,38-,41?,42-/m0/s1. The van der Waals surface area contributed by atoms with Crippen LogP contribution in [0.5, 0.6) is 0 Å². The molecular weight excluding hydrogens is 815 g/mol. The number of cyclic esters (lactones) is 1. The van der Waals surface area contributed by atoms with Gasteiger partial charge < -0.3 is 24.1 Å². The van der Waals surface area contributed by atoms with Gasteiger partial charge in [-0.3, -0.25) is 29.3 Å². The Labute approximate surface area is 375 Å². The van der Waals surface area contributed by atoms with Gasteiger partial charge in [-0.2, -0.15) is 0 Å². The number of fused-ring (bicyclic) bond motifs is 6. The summed E-state index contributed by atoms with van der Waals surface area (Å²) in [6, 6.07) is 7.96. The number of carbonyl (C=O) groups excluding carboxylic acids is 3. The molecule has 338 valence electrons. The smallest absolute Gasteiger partial charge is 0.324 e. The number of aromatic nitrogens is 3. The van der Waals surface area contributed by atoms with Crippen molar-refractivity contribution in [2.45, 2.75) is 123 Å². The fourth-order valence-electron chi connectivity index (χ4n) is 10.5. The Bertz CT molecular complexity index is 2360. The summed E-state index contributed by atoms with van der Waals surface area (Å²) in [5.74, 6) is -0.428. The topological polar surface area (TPSA) is 140 Å². The Morgan fingerprint density at radius 1 is 1.08 bits per heavy atom. The minimum Gasteiger partial charge on any atom is -0.464 e. The van der Waals surface area contributed by atoms with E-state index in [2.05, 4.69) is 97.6 Å². The Hall–Kier alpha value is -4.21. The van der Waals surface area contributed by atoms with Crippen LogP contribution in [0.3, 0.4) is 0 Å². The molecule has 4 aliphatic heterocycles. The highest BCUT2D eigenvalue weighted by molar-refractivity contribution is 7.10.